The zero-order valence-electron chi connectivity index (χ0n) is 14.8. The molecule has 1 aliphatic heterocycles. The van der Waals surface area contributed by atoms with Crippen molar-refractivity contribution in [3.63, 3.8) is 0 Å². The number of carbonyl (C=O) groups excluding carboxylic acids is 1. The van der Waals surface area contributed by atoms with Crippen LogP contribution in [-0.2, 0) is 24.1 Å². The van der Waals surface area contributed by atoms with E-state index in [1.807, 2.05) is 0 Å². The molecule has 0 aromatic heterocycles. The van der Waals surface area contributed by atoms with Crippen LogP contribution in [0.15, 0.2) is 18.2 Å². The highest BCUT2D eigenvalue weighted by molar-refractivity contribution is 5.79. The lowest BCUT2D eigenvalue weighted by Crippen LogP contribution is -2.51. The Morgan fingerprint density at radius 2 is 1.62 bits per heavy atom. The van der Waals surface area contributed by atoms with Crippen LogP contribution in [0, 0.1) is 0 Å². The van der Waals surface area contributed by atoms with Gasteiger partial charge in [0.05, 0.1) is 6.42 Å². The van der Waals surface area contributed by atoms with E-state index in [4.69, 9.17) is 0 Å². The zero-order valence-corrected chi connectivity index (χ0v) is 14.8. The molecule has 3 aliphatic rings. The average molecular weight is 326 g/mol. The summed E-state index contributed by atoms with van der Waals surface area (Å²) in [5.41, 5.74) is 4.19. The minimum absolute atomic E-state index is 0.317. The molecular formula is C21H30N2O. The van der Waals surface area contributed by atoms with Crippen LogP contribution in [0.1, 0.15) is 55.2 Å². The number of rotatable bonds is 3. The van der Waals surface area contributed by atoms with Crippen molar-refractivity contribution in [2.75, 3.05) is 26.2 Å². The molecule has 3 nitrogen and oxygen atoms in total. The molecular weight excluding hydrogens is 296 g/mol. The highest BCUT2D eigenvalue weighted by atomic mass is 16.2. The number of nitrogens with zero attached hydrogens (tertiary/aromatic N) is 2. The Kier molecular flexibility index (Phi) is 4.88. The van der Waals surface area contributed by atoms with Gasteiger partial charge in [-0.3, -0.25) is 9.69 Å². The number of aryl methyl sites for hydroxylation is 2. The molecule has 2 fully saturated rings. The minimum atomic E-state index is 0.317. The average Bonchev–Trinajstić information content (AvgIpc) is 3.16. The first-order chi connectivity index (χ1) is 11.8. The van der Waals surface area contributed by atoms with Crippen molar-refractivity contribution in [2.24, 2.45) is 0 Å². The Balaban J connectivity index is 1.32. The number of hydrogen-bond acceptors (Lipinski definition) is 2. The van der Waals surface area contributed by atoms with Crippen LogP contribution in [0.25, 0.3) is 0 Å². The van der Waals surface area contributed by atoms with Gasteiger partial charge in [-0.1, -0.05) is 31.0 Å². The molecule has 1 heterocycles. The molecule has 2 aliphatic carbocycles. The molecule has 0 atom stereocenters. The fraction of sp³-hybridized carbons (Fsp3) is 0.667. The van der Waals surface area contributed by atoms with Crippen LogP contribution in [-0.4, -0.2) is 47.9 Å². The van der Waals surface area contributed by atoms with Gasteiger partial charge in [0.15, 0.2) is 0 Å². The highest BCUT2D eigenvalue weighted by Gasteiger charge is 2.27. The smallest absolute Gasteiger partial charge is 0.227 e. The zero-order chi connectivity index (χ0) is 16.4. The minimum Gasteiger partial charge on any atom is -0.340 e. The van der Waals surface area contributed by atoms with Crippen LogP contribution in [0.5, 0.6) is 0 Å². The SMILES string of the molecule is O=C(Cc1ccc2c(c1)CCCC2)N1CCN(C2CCCC2)CC1. The summed E-state index contributed by atoms with van der Waals surface area (Å²) in [6, 6.07) is 7.52. The predicted molar refractivity (Wildman–Crippen MR) is 97.2 cm³/mol. The van der Waals surface area contributed by atoms with Crippen molar-refractivity contribution in [3.05, 3.63) is 34.9 Å². The summed E-state index contributed by atoms with van der Waals surface area (Å²) in [7, 11) is 0. The first-order valence-electron chi connectivity index (χ1n) is 9.92. The third kappa shape index (κ3) is 3.51. The molecule has 0 bridgehead atoms. The lowest BCUT2D eigenvalue weighted by molar-refractivity contribution is -0.132. The van der Waals surface area contributed by atoms with E-state index in [0.29, 0.717) is 12.3 Å². The van der Waals surface area contributed by atoms with Crippen molar-refractivity contribution in [3.8, 4) is 0 Å². The van der Waals surface area contributed by atoms with Gasteiger partial charge in [0.1, 0.15) is 0 Å². The molecule has 0 unspecified atom stereocenters. The van der Waals surface area contributed by atoms with Crippen molar-refractivity contribution >= 4 is 5.91 Å². The summed E-state index contributed by atoms with van der Waals surface area (Å²) in [4.78, 5) is 17.4. The summed E-state index contributed by atoms with van der Waals surface area (Å²) >= 11 is 0. The van der Waals surface area contributed by atoms with Gasteiger partial charge in [0.2, 0.25) is 5.91 Å². The third-order valence-corrected chi connectivity index (χ3v) is 6.28. The summed E-state index contributed by atoms with van der Waals surface area (Å²) in [5.74, 6) is 0.317. The summed E-state index contributed by atoms with van der Waals surface area (Å²) in [6.07, 6.45) is 11.1. The van der Waals surface area contributed by atoms with Gasteiger partial charge in [-0.05, 0) is 55.2 Å². The van der Waals surface area contributed by atoms with Gasteiger partial charge < -0.3 is 4.90 Å². The van der Waals surface area contributed by atoms with E-state index in [0.717, 1.165) is 32.2 Å². The summed E-state index contributed by atoms with van der Waals surface area (Å²) in [5, 5.41) is 0. The molecule has 3 heteroatoms. The van der Waals surface area contributed by atoms with Gasteiger partial charge in [-0.15, -0.1) is 0 Å². The Hall–Kier alpha value is -1.35. The van der Waals surface area contributed by atoms with E-state index in [1.165, 1.54) is 68.1 Å². The van der Waals surface area contributed by atoms with Gasteiger partial charge in [-0.2, -0.15) is 0 Å². The topological polar surface area (TPSA) is 23.6 Å². The molecule has 1 aromatic carbocycles. The van der Waals surface area contributed by atoms with E-state index in [9.17, 15) is 4.79 Å². The molecule has 0 radical (unpaired) electrons. The maximum Gasteiger partial charge on any atom is 0.227 e. The maximum atomic E-state index is 12.7. The number of amides is 1. The largest absolute Gasteiger partial charge is 0.340 e. The quantitative estimate of drug-likeness (QED) is 0.852. The maximum absolute atomic E-state index is 12.7. The second kappa shape index (κ2) is 7.26. The number of piperazine rings is 1. The Bertz CT molecular complexity index is 584. The van der Waals surface area contributed by atoms with Crippen LogP contribution in [0.4, 0.5) is 0 Å². The van der Waals surface area contributed by atoms with Crippen LogP contribution in [0.2, 0.25) is 0 Å². The van der Waals surface area contributed by atoms with E-state index in [2.05, 4.69) is 28.0 Å². The van der Waals surface area contributed by atoms with Gasteiger partial charge >= 0.3 is 0 Å². The van der Waals surface area contributed by atoms with Gasteiger partial charge in [0.25, 0.3) is 0 Å². The number of fused-ring (bicyclic) bond motifs is 1. The predicted octanol–water partition coefficient (Wildman–Crippen LogP) is 3.19. The fourth-order valence-electron chi connectivity index (χ4n) is 4.79. The van der Waals surface area contributed by atoms with Crippen molar-refractivity contribution in [2.45, 2.75) is 63.8 Å². The molecule has 24 heavy (non-hydrogen) atoms. The number of benzene rings is 1. The third-order valence-electron chi connectivity index (χ3n) is 6.28. The van der Waals surface area contributed by atoms with E-state index >= 15 is 0 Å². The lowest BCUT2D eigenvalue weighted by Gasteiger charge is -2.38. The Morgan fingerprint density at radius 1 is 0.917 bits per heavy atom. The first kappa shape index (κ1) is 16.1. The van der Waals surface area contributed by atoms with Crippen molar-refractivity contribution < 1.29 is 4.79 Å². The lowest BCUT2D eigenvalue weighted by atomic mass is 9.90. The summed E-state index contributed by atoms with van der Waals surface area (Å²) < 4.78 is 0. The number of carbonyl (C=O) groups is 1. The molecule has 4 rings (SSSR count). The second-order valence-corrected chi connectivity index (χ2v) is 7.84. The molecule has 1 amide bonds. The van der Waals surface area contributed by atoms with Gasteiger partial charge in [0, 0.05) is 32.2 Å². The molecule has 1 saturated heterocycles. The van der Waals surface area contributed by atoms with E-state index in [-0.39, 0.29) is 0 Å². The number of hydrogen-bond donors (Lipinski definition) is 0. The molecule has 130 valence electrons. The fourth-order valence-corrected chi connectivity index (χ4v) is 4.79. The highest BCUT2D eigenvalue weighted by Crippen LogP contribution is 2.25. The molecule has 1 saturated carbocycles. The van der Waals surface area contributed by atoms with Crippen molar-refractivity contribution in [1.82, 2.24) is 9.80 Å². The molecule has 0 N–H and O–H groups in total. The first-order valence-corrected chi connectivity index (χ1v) is 9.92. The normalized spacial score (nSPS) is 22.6. The Morgan fingerprint density at radius 3 is 2.38 bits per heavy atom. The van der Waals surface area contributed by atoms with Crippen molar-refractivity contribution in [1.29, 1.82) is 0 Å². The molecule has 0 spiro atoms. The monoisotopic (exact) mass is 326 g/mol. The Labute approximate surface area is 146 Å². The standard InChI is InChI=1S/C21H30N2O/c24-21(16-17-9-10-18-5-1-2-6-19(18)15-17)23-13-11-22(12-14-23)20-7-3-4-8-20/h9-10,15,20H,1-8,11-14,16H2. The van der Waals surface area contributed by atoms with Crippen LogP contribution >= 0.6 is 0 Å². The summed E-state index contributed by atoms with van der Waals surface area (Å²) in [6.45, 7) is 3.97. The second-order valence-electron chi connectivity index (χ2n) is 7.84. The van der Waals surface area contributed by atoms with E-state index in [1.54, 1.807) is 0 Å². The molecule has 1 aromatic rings. The van der Waals surface area contributed by atoms with E-state index < -0.39 is 0 Å². The van der Waals surface area contributed by atoms with Gasteiger partial charge in [-0.25, -0.2) is 0 Å². The van der Waals surface area contributed by atoms with Crippen LogP contribution in [0.3, 0.4) is 0 Å². The van der Waals surface area contributed by atoms with Crippen LogP contribution < -0.4 is 0 Å².